The highest BCUT2D eigenvalue weighted by Gasteiger charge is 2.20. The van der Waals surface area contributed by atoms with Gasteiger partial charge in [0.05, 0.1) is 0 Å². The van der Waals surface area contributed by atoms with Crippen LogP contribution in [0.5, 0.6) is 5.75 Å². The average Bonchev–Trinajstić information content (AvgIpc) is 3.72. The molecule has 0 unspecified atom stereocenters. The van der Waals surface area contributed by atoms with Gasteiger partial charge in [0, 0.05) is 23.5 Å². The summed E-state index contributed by atoms with van der Waals surface area (Å²) in [5.41, 5.74) is 0.881. The van der Waals surface area contributed by atoms with Gasteiger partial charge in [-0.15, -0.1) is 5.10 Å². The van der Waals surface area contributed by atoms with Crippen molar-refractivity contribution >= 4 is 41.2 Å². The Morgan fingerprint density at radius 1 is 0.976 bits per heavy atom. The van der Waals surface area contributed by atoms with Gasteiger partial charge in [-0.2, -0.15) is 19.7 Å². The zero-order valence-corrected chi connectivity index (χ0v) is 23.8. The van der Waals surface area contributed by atoms with Crippen molar-refractivity contribution in [2.45, 2.75) is 39.2 Å². The molecule has 1 fully saturated rings. The molecule has 4 aromatic rings. The van der Waals surface area contributed by atoms with Crippen molar-refractivity contribution in [2.75, 3.05) is 42.2 Å². The van der Waals surface area contributed by atoms with Crippen molar-refractivity contribution in [1.29, 1.82) is 0 Å². The number of H-pyrrole nitrogens is 1. The number of hydrogen-bond acceptors (Lipinski definition) is 11. The van der Waals surface area contributed by atoms with Gasteiger partial charge in [-0.05, 0) is 95.2 Å². The molecule has 5 rings (SSSR count). The smallest absolute Gasteiger partial charge is 0.412 e. The number of ether oxygens (including phenoxy) is 2. The summed E-state index contributed by atoms with van der Waals surface area (Å²) in [5.74, 6) is 0.914. The number of anilines is 5. The lowest BCUT2D eigenvalue weighted by atomic mass is 10.2. The monoisotopic (exact) mass is 574 g/mol. The summed E-state index contributed by atoms with van der Waals surface area (Å²) in [6, 6.07) is 13.8. The van der Waals surface area contributed by atoms with E-state index in [0.29, 0.717) is 17.9 Å². The van der Waals surface area contributed by atoms with E-state index in [1.165, 1.54) is 19.2 Å². The summed E-state index contributed by atoms with van der Waals surface area (Å²) in [7, 11) is 0. The number of likely N-dealkylation sites (tertiary alicyclic amines) is 1. The predicted octanol–water partition coefficient (Wildman–Crippen LogP) is 4.39. The predicted molar refractivity (Wildman–Crippen MR) is 157 cm³/mol. The molecule has 0 bridgehead atoms. The summed E-state index contributed by atoms with van der Waals surface area (Å²) in [6.07, 6.45) is 3.25. The van der Waals surface area contributed by atoms with Gasteiger partial charge in [-0.3, -0.25) is 20.3 Å². The number of amides is 1. The van der Waals surface area contributed by atoms with Gasteiger partial charge >= 0.3 is 6.09 Å². The molecule has 0 spiro atoms. The van der Waals surface area contributed by atoms with Gasteiger partial charge in [0.25, 0.3) is 5.91 Å². The number of aromatic nitrogens is 6. The van der Waals surface area contributed by atoms with Gasteiger partial charge in [-0.25, -0.2) is 9.89 Å². The summed E-state index contributed by atoms with van der Waals surface area (Å²) in [4.78, 5) is 36.4. The zero-order chi connectivity index (χ0) is 29.5. The molecule has 4 N–H and O–H groups in total. The normalized spacial score (nSPS) is 13.5. The first-order valence-corrected chi connectivity index (χ1v) is 13.7. The number of rotatable bonds is 10. The molecule has 1 amide bonds. The summed E-state index contributed by atoms with van der Waals surface area (Å²) >= 11 is 0. The van der Waals surface area contributed by atoms with E-state index in [1.807, 2.05) is 24.3 Å². The maximum absolute atomic E-state index is 13.4. The van der Waals surface area contributed by atoms with Crippen LogP contribution in [0.4, 0.5) is 34.0 Å². The van der Waals surface area contributed by atoms with Gasteiger partial charge < -0.3 is 14.8 Å². The molecule has 1 aliphatic heterocycles. The van der Waals surface area contributed by atoms with Gasteiger partial charge in [0.2, 0.25) is 17.8 Å². The third-order valence-corrected chi connectivity index (χ3v) is 6.21. The first kappa shape index (κ1) is 28.5. The summed E-state index contributed by atoms with van der Waals surface area (Å²) in [6.45, 7) is 9.16. The van der Waals surface area contributed by atoms with Crippen molar-refractivity contribution in [3.63, 3.8) is 0 Å². The molecule has 2 aromatic carbocycles. The highest BCUT2D eigenvalue weighted by molar-refractivity contribution is 5.98. The van der Waals surface area contributed by atoms with Crippen molar-refractivity contribution in [1.82, 2.24) is 34.8 Å². The molecular formula is C28H34N10O4. The first-order valence-electron chi connectivity index (χ1n) is 13.7. The van der Waals surface area contributed by atoms with Gasteiger partial charge in [0.15, 0.2) is 0 Å². The molecule has 3 heterocycles. The summed E-state index contributed by atoms with van der Waals surface area (Å²) in [5, 5.41) is 19.6. The molecule has 0 atom stereocenters. The second-order valence-corrected chi connectivity index (χ2v) is 10.7. The number of nitrogens with zero attached hydrogens (tertiary/aromatic N) is 6. The number of carbonyl (C=O) groups is 2. The van der Waals surface area contributed by atoms with Crippen LogP contribution in [0.25, 0.3) is 0 Å². The topological polar surface area (TPSA) is 164 Å². The van der Waals surface area contributed by atoms with E-state index < -0.39 is 17.6 Å². The van der Waals surface area contributed by atoms with Crippen LogP contribution in [0.1, 0.15) is 44.0 Å². The first-order chi connectivity index (χ1) is 20.2. The van der Waals surface area contributed by atoms with E-state index in [2.05, 4.69) is 46.1 Å². The van der Waals surface area contributed by atoms with Crippen molar-refractivity contribution in [2.24, 2.45) is 0 Å². The van der Waals surface area contributed by atoms with Crippen LogP contribution in [0.3, 0.4) is 0 Å². The van der Waals surface area contributed by atoms with E-state index in [9.17, 15) is 9.59 Å². The molecule has 1 aliphatic rings. The SMILES string of the molecule is CC(C)(C)OC(=O)Nc1ccc(C(=O)n2nc(Nc3ccc(OCCN4CCCC4)cc3)nc2Nc2ncn[nH]2)cc1. The lowest BCUT2D eigenvalue weighted by molar-refractivity contribution is 0.0635. The highest BCUT2D eigenvalue weighted by Crippen LogP contribution is 2.22. The molecular weight excluding hydrogens is 540 g/mol. The van der Waals surface area contributed by atoms with E-state index in [0.717, 1.165) is 35.8 Å². The number of benzene rings is 2. The lowest BCUT2D eigenvalue weighted by Crippen LogP contribution is -2.27. The maximum Gasteiger partial charge on any atom is 0.412 e. The Hall–Kier alpha value is -4.98. The Kier molecular flexibility index (Phi) is 8.62. The molecule has 0 saturated carbocycles. The van der Waals surface area contributed by atoms with Crippen LogP contribution in [0.15, 0.2) is 54.9 Å². The van der Waals surface area contributed by atoms with E-state index in [1.54, 1.807) is 45.0 Å². The molecule has 42 heavy (non-hydrogen) atoms. The third kappa shape index (κ3) is 7.81. The van der Waals surface area contributed by atoms with E-state index in [-0.39, 0.29) is 17.8 Å². The third-order valence-electron chi connectivity index (χ3n) is 6.21. The molecule has 1 saturated heterocycles. The lowest BCUT2D eigenvalue weighted by Gasteiger charge is -2.19. The van der Waals surface area contributed by atoms with Crippen LogP contribution < -0.4 is 20.7 Å². The fraction of sp³-hybridized carbons (Fsp3) is 0.357. The van der Waals surface area contributed by atoms with E-state index in [4.69, 9.17) is 9.47 Å². The van der Waals surface area contributed by atoms with Crippen molar-refractivity contribution in [3.05, 3.63) is 60.4 Å². The standard InChI is InChI=1S/C28H34N10O4/c1-28(2,3)42-27(40)32-21-8-6-19(7-9-21)23(39)38-26(33-24-29-18-30-35-24)34-25(36-38)31-20-10-12-22(13-11-20)41-17-16-37-14-4-5-15-37/h6-13,18H,4-5,14-17H2,1-3H3,(H,32,40)(H3,29,30,31,33,34,35,36). The molecule has 14 heteroatoms. The number of aromatic amines is 1. The molecule has 2 aromatic heterocycles. The van der Waals surface area contributed by atoms with Crippen LogP contribution in [-0.4, -0.2) is 78.7 Å². The Labute approximate surface area is 242 Å². The quantitative estimate of drug-likeness (QED) is 0.212. The second kappa shape index (κ2) is 12.7. The average molecular weight is 575 g/mol. The summed E-state index contributed by atoms with van der Waals surface area (Å²) < 4.78 is 12.3. The van der Waals surface area contributed by atoms with Crippen LogP contribution in [-0.2, 0) is 4.74 Å². The highest BCUT2D eigenvalue weighted by atomic mass is 16.6. The fourth-order valence-corrected chi connectivity index (χ4v) is 4.26. The minimum atomic E-state index is -0.630. The van der Waals surface area contributed by atoms with Crippen LogP contribution in [0, 0.1) is 0 Å². The molecule has 220 valence electrons. The minimum Gasteiger partial charge on any atom is -0.492 e. The molecule has 14 nitrogen and oxygen atoms in total. The van der Waals surface area contributed by atoms with Crippen LogP contribution in [0.2, 0.25) is 0 Å². The fourth-order valence-electron chi connectivity index (χ4n) is 4.26. The Balaban J connectivity index is 1.26. The van der Waals surface area contributed by atoms with Gasteiger partial charge in [-0.1, -0.05) is 0 Å². The number of hydrogen-bond donors (Lipinski definition) is 4. The van der Waals surface area contributed by atoms with Crippen LogP contribution >= 0.6 is 0 Å². The van der Waals surface area contributed by atoms with E-state index >= 15 is 0 Å². The van der Waals surface area contributed by atoms with Crippen molar-refractivity contribution < 1.29 is 19.1 Å². The largest absolute Gasteiger partial charge is 0.492 e. The Morgan fingerprint density at radius 2 is 1.69 bits per heavy atom. The second-order valence-electron chi connectivity index (χ2n) is 10.7. The Morgan fingerprint density at radius 3 is 2.36 bits per heavy atom. The van der Waals surface area contributed by atoms with Gasteiger partial charge in [0.1, 0.15) is 24.3 Å². The Bertz CT molecular complexity index is 1470. The molecule has 0 aliphatic carbocycles. The number of carbonyl (C=O) groups excluding carboxylic acids is 2. The zero-order valence-electron chi connectivity index (χ0n) is 23.8. The minimum absolute atomic E-state index is 0.122. The maximum atomic E-state index is 13.4. The van der Waals surface area contributed by atoms with Crippen molar-refractivity contribution in [3.8, 4) is 5.75 Å². The number of nitrogens with one attached hydrogen (secondary N) is 4. The molecule has 0 radical (unpaired) electrons.